The van der Waals surface area contributed by atoms with Gasteiger partial charge in [0.2, 0.25) is 12.6 Å². The van der Waals surface area contributed by atoms with Crippen LogP contribution in [0.1, 0.15) is 23.7 Å². The minimum Gasteiger partial charge on any atom is -0.361 e. The molecule has 0 saturated carbocycles. The monoisotopic (exact) mass is 388 g/mol. The van der Waals surface area contributed by atoms with Gasteiger partial charge in [-0.25, -0.2) is 18.0 Å². The Morgan fingerprint density at radius 3 is 2.52 bits per heavy atom. The van der Waals surface area contributed by atoms with Crippen LogP contribution in [0.15, 0.2) is 30.3 Å². The number of halogens is 3. The van der Waals surface area contributed by atoms with E-state index in [4.69, 9.17) is 4.84 Å². The van der Waals surface area contributed by atoms with E-state index in [0.29, 0.717) is 0 Å². The number of hydrogen-bond acceptors (Lipinski definition) is 6. The van der Waals surface area contributed by atoms with E-state index in [1.807, 2.05) is 0 Å². The number of carbonyl (C=O) groups excluding carboxylic acids is 2. The second kappa shape index (κ2) is 8.81. The molecule has 1 saturated heterocycles. The number of alkyl halides is 3. The van der Waals surface area contributed by atoms with Crippen molar-refractivity contribution in [3.05, 3.63) is 35.9 Å². The summed E-state index contributed by atoms with van der Waals surface area (Å²) in [6.45, 7) is 0.244. The van der Waals surface area contributed by atoms with Gasteiger partial charge >= 0.3 is 5.97 Å². The van der Waals surface area contributed by atoms with Crippen molar-refractivity contribution in [1.29, 1.82) is 0 Å². The van der Waals surface area contributed by atoms with Crippen LogP contribution in [-0.2, 0) is 14.4 Å². The lowest BCUT2D eigenvalue weighted by atomic mass is 9.95. The predicted molar refractivity (Wildman–Crippen MR) is 90.6 cm³/mol. The molecule has 4 unspecified atom stereocenters. The van der Waals surface area contributed by atoms with Crippen LogP contribution in [0.4, 0.5) is 13.2 Å². The molecule has 6 nitrogen and oxygen atoms in total. The fourth-order valence-electron chi connectivity index (χ4n) is 2.77. The van der Waals surface area contributed by atoms with Crippen molar-refractivity contribution >= 4 is 11.8 Å². The van der Waals surface area contributed by atoms with Gasteiger partial charge in [0.15, 0.2) is 5.78 Å². The number of hydrogen-bond donors (Lipinski definition) is 0. The van der Waals surface area contributed by atoms with Gasteiger partial charge in [-0.3, -0.25) is 4.79 Å². The van der Waals surface area contributed by atoms with Crippen LogP contribution in [0.5, 0.6) is 0 Å². The molecule has 1 aromatic carbocycles. The fourth-order valence-corrected chi connectivity index (χ4v) is 2.77. The van der Waals surface area contributed by atoms with Crippen molar-refractivity contribution < 1.29 is 32.3 Å². The third-order valence-corrected chi connectivity index (χ3v) is 4.11. The third-order valence-electron chi connectivity index (χ3n) is 4.11. The minimum absolute atomic E-state index is 0.00370. The first kappa shape index (κ1) is 21.3. The lowest BCUT2D eigenvalue weighted by molar-refractivity contribution is -0.368. The van der Waals surface area contributed by atoms with Crippen LogP contribution in [0.2, 0.25) is 0 Å². The van der Waals surface area contributed by atoms with Crippen LogP contribution in [-0.4, -0.2) is 67.4 Å². The number of hydroxylamine groups is 2. The number of morpholine rings is 1. The van der Waals surface area contributed by atoms with Gasteiger partial charge in [-0.1, -0.05) is 42.3 Å². The maximum Gasteiger partial charge on any atom is 0.336 e. The van der Waals surface area contributed by atoms with Crippen molar-refractivity contribution in [1.82, 2.24) is 9.96 Å². The van der Waals surface area contributed by atoms with Crippen LogP contribution in [0.3, 0.4) is 0 Å². The van der Waals surface area contributed by atoms with E-state index in [1.165, 1.54) is 31.1 Å². The summed E-state index contributed by atoms with van der Waals surface area (Å²) in [7, 11) is 2.97. The lowest BCUT2D eigenvalue weighted by Gasteiger charge is -2.41. The van der Waals surface area contributed by atoms with E-state index in [2.05, 4.69) is 4.74 Å². The average molecular weight is 388 g/mol. The molecule has 1 heterocycles. The highest BCUT2D eigenvalue weighted by atomic mass is 19.2. The fraction of sp³-hybridized carbons (Fsp3) is 0.556. The Bertz CT molecular complexity index is 661. The molecule has 1 aromatic rings. The molecule has 1 aliphatic heterocycles. The maximum absolute atomic E-state index is 14.7. The molecule has 1 fully saturated rings. The molecule has 27 heavy (non-hydrogen) atoms. The Balaban J connectivity index is 2.14. The molecular formula is C18H23F3N2O4. The minimum atomic E-state index is -2.88. The number of likely N-dealkylation sites (N-methyl/N-ethyl adjacent to an activating group) is 1. The summed E-state index contributed by atoms with van der Waals surface area (Å²) in [6, 6.07) is 8.00. The third kappa shape index (κ3) is 4.85. The molecule has 0 bridgehead atoms. The number of rotatable bonds is 7. The van der Waals surface area contributed by atoms with Crippen LogP contribution in [0, 0.1) is 5.92 Å². The number of ketones is 1. The molecule has 2 rings (SSSR count). The topological polar surface area (TPSA) is 59.1 Å². The van der Waals surface area contributed by atoms with Gasteiger partial charge < -0.3 is 14.5 Å². The molecular weight excluding hydrogens is 365 g/mol. The van der Waals surface area contributed by atoms with Crippen molar-refractivity contribution in [3.63, 3.8) is 0 Å². The lowest BCUT2D eigenvalue weighted by Crippen LogP contribution is -2.62. The Morgan fingerprint density at radius 1 is 1.33 bits per heavy atom. The summed E-state index contributed by atoms with van der Waals surface area (Å²) in [5, 5.41) is -0.00370. The Morgan fingerprint density at radius 2 is 1.96 bits per heavy atom. The van der Waals surface area contributed by atoms with Crippen molar-refractivity contribution in [2.75, 3.05) is 27.2 Å². The number of benzene rings is 1. The molecule has 0 radical (unpaired) electrons. The molecule has 9 heteroatoms. The zero-order valence-electron chi connectivity index (χ0n) is 15.4. The van der Waals surface area contributed by atoms with Gasteiger partial charge in [0.05, 0.1) is 13.2 Å². The number of carbonyl (C=O) groups is 2. The van der Waals surface area contributed by atoms with Crippen LogP contribution < -0.4 is 0 Å². The SMILES string of the molecule is CCC(C(=O)ON1C(F)COC(F)(CN(C)C)C1F)C(=O)c1ccccc1. The molecule has 150 valence electrons. The summed E-state index contributed by atoms with van der Waals surface area (Å²) in [6.07, 6.45) is -4.82. The van der Waals surface area contributed by atoms with Crippen molar-refractivity contribution in [2.24, 2.45) is 5.92 Å². The van der Waals surface area contributed by atoms with Crippen LogP contribution in [0.25, 0.3) is 0 Å². The van der Waals surface area contributed by atoms with E-state index in [0.717, 1.165) is 0 Å². The molecule has 1 aliphatic rings. The van der Waals surface area contributed by atoms with Gasteiger partial charge in [0, 0.05) is 5.56 Å². The van der Waals surface area contributed by atoms with Crippen LogP contribution >= 0.6 is 0 Å². The van der Waals surface area contributed by atoms with Crippen molar-refractivity contribution in [3.8, 4) is 0 Å². The van der Waals surface area contributed by atoms with Crippen molar-refractivity contribution in [2.45, 2.75) is 31.8 Å². The first-order chi connectivity index (χ1) is 12.7. The number of nitrogens with zero attached hydrogens (tertiary/aromatic N) is 2. The Labute approximate surface area is 155 Å². The highest BCUT2D eigenvalue weighted by Gasteiger charge is 2.54. The maximum atomic E-state index is 14.7. The summed E-state index contributed by atoms with van der Waals surface area (Å²) in [5.41, 5.74) is 0.268. The standard InChI is InChI=1S/C18H23F3N2O4/c1-4-13(15(24)12-8-6-5-7-9-12)16(25)27-23-14(19)10-26-18(21,17(23)20)11-22(2)3/h5-9,13-14,17H,4,10-11H2,1-3H3. The molecule has 0 aliphatic carbocycles. The van der Waals surface area contributed by atoms with E-state index >= 15 is 0 Å². The average Bonchev–Trinajstić information content (AvgIpc) is 2.63. The summed E-state index contributed by atoms with van der Waals surface area (Å²) in [4.78, 5) is 31.0. The second-order valence-corrected chi connectivity index (χ2v) is 6.57. The first-order valence-corrected chi connectivity index (χ1v) is 8.54. The quantitative estimate of drug-likeness (QED) is 0.406. The predicted octanol–water partition coefficient (Wildman–Crippen LogP) is 2.50. The van der Waals surface area contributed by atoms with E-state index < -0.39 is 49.3 Å². The van der Waals surface area contributed by atoms with E-state index in [-0.39, 0.29) is 17.0 Å². The van der Waals surface area contributed by atoms with Gasteiger partial charge in [0.25, 0.3) is 5.85 Å². The molecule has 0 N–H and O–H groups in total. The number of ether oxygens (including phenoxy) is 1. The normalized spacial score (nSPS) is 27.4. The smallest absolute Gasteiger partial charge is 0.336 e. The zero-order chi connectivity index (χ0) is 20.2. The number of Topliss-reactive ketones (excluding diaryl/α,β-unsaturated/α-hetero) is 1. The molecule has 0 aromatic heterocycles. The zero-order valence-corrected chi connectivity index (χ0v) is 15.4. The van der Waals surface area contributed by atoms with E-state index in [1.54, 1.807) is 25.1 Å². The highest BCUT2D eigenvalue weighted by Crippen LogP contribution is 2.33. The largest absolute Gasteiger partial charge is 0.361 e. The van der Waals surface area contributed by atoms with Gasteiger partial charge in [0.1, 0.15) is 5.92 Å². The molecule has 0 amide bonds. The Hall–Kier alpha value is -1.97. The second-order valence-electron chi connectivity index (χ2n) is 6.57. The first-order valence-electron chi connectivity index (χ1n) is 8.54. The Kier molecular flexibility index (Phi) is 6.96. The van der Waals surface area contributed by atoms with Gasteiger partial charge in [-0.2, -0.15) is 0 Å². The summed E-state index contributed by atoms with van der Waals surface area (Å²) in [5.74, 6) is -5.83. The van der Waals surface area contributed by atoms with E-state index in [9.17, 15) is 22.8 Å². The highest BCUT2D eigenvalue weighted by molar-refractivity contribution is 6.08. The summed E-state index contributed by atoms with van der Waals surface area (Å²) >= 11 is 0. The summed E-state index contributed by atoms with van der Waals surface area (Å²) < 4.78 is 48.0. The molecule has 0 spiro atoms. The van der Waals surface area contributed by atoms with Gasteiger partial charge in [-0.05, 0) is 20.5 Å². The van der Waals surface area contributed by atoms with Gasteiger partial charge in [-0.15, -0.1) is 0 Å². The molecule has 4 atom stereocenters.